The molecule has 1 aliphatic carbocycles. The Hall–Kier alpha value is -2.34. The zero-order valence-corrected chi connectivity index (χ0v) is 17.3. The monoisotopic (exact) mass is 395 g/mol. The molecule has 2 amide bonds. The minimum absolute atomic E-state index is 0.0577. The zero-order valence-electron chi connectivity index (χ0n) is 17.3. The molecule has 6 heteroatoms. The lowest BCUT2D eigenvalue weighted by molar-refractivity contribution is 0.119. The molecule has 0 radical (unpaired) electrons. The van der Waals surface area contributed by atoms with Crippen molar-refractivity contribution in [3.63, 3.8) is 0 Å². The maximum atomic E-state index is 12.6. The third kappa shape index (κ3) is 5.82. The highest BCUT2D eigenvalue weighted by Crippen LogP contribution is 2.24. The molecule has 0 spiro atoms. The molecule has 1 aromatic heterocycles. The highest BCUT2D eigenvalue weighted by atomic mass is 16.2. The van der Waals surface area contributed by atoms with E-state index < -0.39 is 0 Å². The fourth-order valence-corrected chi connectivity index (χ4v) is 4.59. The summed E-state index contributed by atoms with van der Waals surface area (Å²) in [5, 5.41) is 3.10. The first-order valence-corrected chi connectivity index (χ1v) is 11.0. The second-order valence-corrected chi connectivity index (χ2v) is 8.51. The van der Waals surface area contributed by atoms with Gasteiger partial charge in [-0.25, -0.2) is 9.78 Å². The van der Waals surface area contributed by atoms with Crippen LogP contribution in [0.15, 0.2) is 43.0 Å². The van der Waals surface area contributed by atoms with Crippen molar-refractivity contribution in [3.8, 4) is 0 Å². The van der Waals surface area contributed by atoms with E-state index in [9.17, 15) is 4.79 Å². The first kappa shape index (κ1) is 20.0. The molecule has 2 fully saturated rings. The Balaban J connectivity index is 1.20. The molecule has 1 N–H and O–H groups in total. The predicted molar refractivity (Wildman–Crippen MR) is 115 cm³/mol. The minimum Gasteiger partial charge on any atom is -0.334 e. The van der Waals surface area contributed by atoms with Gasteiger partial charge in [-0.1, -0.05) is 43.5 Å². The summed E-state index contributed by atoms with van der Waals surface area (Å²) in [4.78, 5) is 21.2. The summed E-state index contributed by atoms with van der Waals surface area (Å²) >= 11 is 0. The van der Waals surface area contributed by atoms with Crippen LogP contribution in [-0.2, 0) is 13.1 Å². The molecule has 0 unspecified atom stereocenters. The highest BCUT2D eigenvalue weighted by Gasteiger charge is 2.23. The van der Waals surface area contributed by atoms with Crippen molar-refractivity contribution in [2.45, 2.75) is 45.2 Å². The van der Waals surface area contributed by atoms with Crippen LogP contribution in [0.3, 0.4) is 0 Å². The molecule has 1 saturated heterocycles. The largest absolute Gasteiger partial charge is 0.334 e. The fourth-order valence-electron chi connectivity index (χ4n) is 4.59. The average Bonchev–Trinajstić information content (AvgIpc) is 3.27. The molecule has 2 aromatic rings. The fraction of sp³-hybridized carbons (Fsp3) is 0.565. The van der Waals surface area contributed by atoms with Crippen molar-refractivity contribution < 1.29 is 4.79 Å². The van der Waals surface area contributed by atoms with Crippen LogP contribution in [0.5, 0.6) is 0 Å². The van der Waals surface area contributed by atoms with E-state index in [2.05, 4.69) is 39.5 Å². The Bertz CT molecular complexity index is 761. The number of aromatic nitrogens is 2. The summed E-state index contributed by atoms with van der Waals surface area (Å²) in [6, 6.07) is 8.44. The number of nitrogens with zero attached hydrogens (tertiary/aromatic N) is 4. The van der Waals surface area contributed by atoms with Gasteiger partial charge in [0.15, 0.2) is 0 Å². The summed E-state index contributed by atoms with van der Waals surface area (Å²) in [5.74, 6) is 0.874. The van der Waals surface area contributed by atoms with Gasteiger partial charge in [-0.05, 0) is 29.9 Å². The molecule has 2 aliphatic rings. The maximum Gasteiger partial charge on any atom is 0.317 e. The SMILES string of the molecule is O=C(NCc1cccc(Cn2ccnc2)c1)N1CCN(CC2CCCCC2)CC1. The highest BCUT2D eigenvalue weighted by molar-refractivity contribution is 5.74. The minimum atomic E-state index is 0.0577. The summed E-state index contributed by atoms with van der Waals surface area (Å²) in [7, 11) is 0. The molecule has 0 atom stereocenters. The van der Waals surface area contributed by atoms with Crippen molar-refractivity contribution in [2.24, 2.45) is 5.92 Å². The van der Waals surface area contributed by atoms with Gasteiger partial charge in [0.2, 0.25) is 0 Å². The number of piperazine rings is 1. The number of rotatable bonds is 6. The maximum absolute atomic E-state index is 12.6. The summed E-state index contributed by atoms with van der Waals surface area (Å²) < 4.78 is 2.05. The Morgan fingerprint density at radius 2 is 1.86 bits per heavy atom. The van der Waals surface area contributed by atoms with E-state index >= 15 is 0 Å². The van der Waals surface area contributed by atoms with E-state index in [1.165, 1.54) is 44.2 Å². The standard InChI is InChI=1S/C23H33N5O/c29-23(28-13-11-26(12-14-28)17-20-5-2-1-3-6-20)25-16-21-7-4-8-22(15-21)18-27-10-9-24-19-27/h4,7-10,15,19-20H,1-3,5-6,11-14,16-18H2,(H,25,29). The molecule has 1 saturated carbocycles. The van der Waals surface area contributed by atoms with Gasteiger partial charge in [0.1, 0.15) is 0 Å². The lowest BCUT2D eigenvalue weighted by atomic mass is 9.89. The van der Waals surface area contributed by atoms with Gasteiger partial charge in [0, 0.05) is 58.2 Å². The van der Waals surface area contributed by atoms with Crippen molar-refractivity contribution >= 4 is 6.03 Å². The molecular weight excluding hydrogens is 362 g/mol. The number of hydrogen-bond acceptors (Lipinski definition) is 3. The van der Waals surface area contributed by atoms with Gasteiger partial charge in [0.25, 0.3) is 0 Å². The van der Waals surface area contributed by atoms with Gasteiger partial charge in [-0.3, -0.25) is 4.90 Å². The third-order valence-corrected chi connectivity index (χ3v) is 6.26. The van der Waals surface area contributed by atoms with Crippen LogP contribution in [0, 0.1) is 5.92 Å². The molecular formula is C23H33N5O. The number of carbonyl (C=O) groups is 1. The zero-order chi connectivity index (χ0) is 19.9. The number of hydrogen-bond donors (Lipinski definition) is 1. The number of urea groups is 1. The summed E-state index contributed by atoms with van der Waals surface area (Å²) in [6.45, 7) is 6.26. The number of nitrogens with one attached hydrogen (secondary N) is 1. The van der Waals surface area contributed by atoms with Crippen LogP contribution in [-0.4, -0.2) is 58.1 Å². The van der Waals surface area contributed by atoms with Crippen molar-refractivity contribution in [1.82, 2.24) is 24.7 Å². The smallest absolute Gasteiger partial charge is 0.317 e. The summed E-state index contributed by atoms with van der Waals surface area (Å²) in [5.41, 5.74) is 2.35. The molecule has 0 bridgehead atoms. The van der Waals surface area contributed by atoms with Crippen LogP contribution >= 0.6 is 0 Å². The first-order chi connectivity index (χ1) is 14.3. The number of imidazole rings is 1. The van der Waals surface area contributed by atoms with Crippen molar-refractivity contribution in [3.05, 3.63) is 54.1 Å². The van der Waals surface area contributed by atoms with E-state index in [4.69, 9.17) is 0 Å². The second-order valence-electron chi connectivity index (χ2n) is 8.51. The molecule has 6 nitrogen and oxygen atoms in total. The van der Waals surface area contributed by atoms with Crippen LogP contribution < -0.4 is 5.32 Å². The molecule has 156 valence electrons. The average molecular weight is 396 g/mol. The van der Waals surface area contributed by atoms with Crippen molar-refractivity contribution in [1.29, 1.82) is 0 Å². The Morgan fingerprint density at radius 3 is 2.62 bits per heavy atom. The Morgan fingerprint density at radius 1 is 1.07 bits per heavy atom. The predicted octanol–water partition coefficient (Wildman–Crippen LogP) is 3.34. The van der Waals surface area contributed by atoms with Crippen LogP contribution in [0.1, 0.15) is 43.2 Å². The van der Waals surface area contributed by atoms with E-state index in [0.717, 1.165) is 44.2 Å². The molecule has 4 rings (SSSR count). The second kappa shape index (κ2) is 9.92. The van der Waals surface area contributed by atoms with Gasteiger partial charge < -0.3 is 14.8 Å². The Labute approximate surface area is 173 Å². The molecule has 1 aliphatic heterocycles. The quantitative estimate of drug-likeness (QED) is 0.816. The molecule has 1 aromatic carbocycles. The van der Waals surface area contributed by atoms with Crippen molar-refractivity contribution in [2.75, 3.05) is 32.7 Å². The summed E-state index contributed by atoms with van der Waals surface area (Å²) in [6.07, 6.45) is 12.6. The van der Waals surface area contributed by atoms with Gasteiger partial charge >= 0.3 is 6.03 Å². The third-order valence-electron chi connectivity index (χ3n) is 6.26. The van der Waals surface area contributed by atoms with Gasteiger partial charge in [-0.2, -0.15) is 0 Å². The molecule has 2 heterocycles. The normalized spacial score (nSPS) is 18.7. The van der Waals surface area contributed by atoms with E-state index in [1.807, 2.05) is 22.0 Å². The van der Waals surface area contributed by atoms with Crippen LogP contribution in [0.25, 0.3) is 0 Å². The van der Waals surface area contributed by atoms with E-state index in [-0.39, 0.29) is 6.03 Å². The topological polar surface area (TPSA) is 53.4 Å². The van der Waals surface area contributed by atoms with Gasteiger partial charge in [-0.15, -0.1) is 0 Å². The van der Waals surface area contributed by atoms with Gasteiger partial charge in [0.05, 0.1) is 6.33 Å². The first-order valence-electron chi connectivity index (χ1n) is 11.0. The van der Waals surface area contributed by atoms with Crippen LogP contribution in [0.2, 0.25) is 0 Å². The van der Waals surface area contributed by atoms with E-state index in [0.29, 0.717) is 6.54 Å². The van der Waals surface area contributed by atoms with Crippen LogP contribution in [0.4, 0.5) is 4.79 Å². The Kier molecular flexibility index (Phi) is 6.83. The number of benzene rings is 1. The molecule has 29 heavy (non-hydrogen) atoms. The number of carbonyl (C=O) groups excluding carboxylic acids is 1. The lowest BCUT2D eigenvalue weighted by Crippen LogP contribution is -2.52. The van der Waals surface area contributed by atoms with E-state index in [1.54, 1.807) is 6.20 Å². The number of amides is 2. The lowest BCUT2D eigenvalue weighted by Gasteiger charge is -2.37.